The van der Waals surface area contributed by atoms with Gasteiger partial charge in [-0.3, -0.25) is 0 Å². The molecule has 0 amide bonds. The first-order chi connectivity index (χ1) is 9.86. The van der Waals surface area contributed by atoms with Crippen LogP contribution in [0, 0.1) is 17.8 Å². The molecule has 0 heterocycles. The Kier molecular flexibility index (Phi) is 12.3. The van der Waals surface area contributed by atoms with Gasteiger partial charge >= 0.3 is 0 Å². The molecule has 0 aliphatic heterocycles. The van der Waals surface area contributed by atoms with Crippen molar-refractivity contribution in [3.05, 3.63) is 17.5 Å². The Labute approximate surface area is 145 Å². The minimum atomic E-state index is -2.55. The van der Waals surface area contributed by atoms with Gasteiger partial charge in [0.05, 0.1) is 11.2 Å². The van der Waals surface area contributed by atoms with Crippen LogP contribution in [0.15, 0.2) is 17.5 Å². The topological polar surface area (TPSA) is 68.3 Å². The van der Waals surface area contributed by atoms with Gasteiger partial charge in [-0.25, -0.2) is 19.2 Å². The maximum atomic E-state index is 11.7. The van der Waals surface area contributed by atoms with Crippen LogP contribution in [0.3, 0.4) is 0 Å². The van der Waals surface area contributed by atoms with Gasteiger partial charge < -0.3 is 0 Å². The second-order valence-electron chi connectivity index (χ2n) is 5.79. The van der Waals surface area contributed by atoms with Crippen LogP contribution in [0.2, 0.25) is 0 Å². The smallest absolute Gasteiger partial charge is 0.130 e. The maximum absolute atomic E-state index is 11.7. The van der Waals surface area contributed by atoms with Gasteiger partial charge in [0.1, 0.15) is 23.5 Å². The van der Waals surface area contributed by atoms with E-state index in [1.807, 2.05) is 33.6 Å². The predicted octanol–water partition coefficient (Wildman–Crippen LogP) is 2.49. The van der Waals surface area contributed by atoms with E-state index in [2.05, 4.69) is 5.66 Å². The zero-order chi connectivity index (χ0) is 16.5. The summed E-state index contributed by atoms with van der Waals surface area (Å²) >= 11 is 0. The summed E-state index contributed by atoms with van der Waals surface area (Å²) in [6.45, 7) is 5.27. The molecule has 0 saturated carbocycles. The second kappa shape index (κ2) is 11.6. The van der Waals surface area contributed by atoms with E-state index in [4.69, 9.17) is 0 Å². The summed E-state index contributed by atoms with van der Waals surface area (Å²) in [5.74, 6) is 4.45. The van der Waals surface area contributed by atoms with Crippen LogP contribution in [0.4, 0.5) is 0 Å². The quantitative estimate of drug-likeness (QED) is 0.384. The van der Waals surface area contributed by atoms with Crippen molar-refractivity contribution in [1.29, 1.82) is 0 Å². The van der Waals surface area contributed by atoms with Gasteiger partial charge in [-0.1, -0.05) is 27.7 Å². The van der Waals surface area contributed by atoms with Gasteiger partial charge in [0.15, 0.2) is 0 Å². The summed E-state index contributed by atoms with van der Waals surface area (Å²) in [5.41, 5.74) is 2.09. The zero-order valence-corrected chi connectivity index (χ0v) is 16.9. The monoisotopic (exact) mass is 495 g/mol. The van der Waals surface area contributed by atoms with Gasteiger partial charge in [0, 0.05) is 39.5 Å². The van der Waals surface area contributed by atoms with E-state index in [0.29, 0.717) is 12.3 Å². The Bertz CT molecular complexity index is 551. The summed E-state index contributed by atoms with van der Waals surface area (Å²) in [7, 11) is 0. The molecule has 0 atom stereocenters. The van der Waals surface area contributed by atoms with Crippen molar-refractivity contribution < 1.29 is 39.6 Å². The van der Waals surface area contributed by atoms with Crippen molar-refractivity contribution in [2.24, 2.45) is 17.8 Å². The molecule has 0 rings (SSSR count). The first-order valence-electron chi connectivity index (χ1n) is 6.80. The average molecular weight is 495 g/mol. The molecule has 0 N–H and O–H groups in total. The zero-order valence-electron chi connectivity index (χ0n) is 13.3. The summed E-state index contributed by atoms with van der Waals surface area (Å²) in [5, 5.41) is 0.159. The first-order valence-corrected chi connectivity index (χ1v) is 8.96. The molecule has 0 spiro atoms. The van der Waals surface area contributed by atoms with Crippen molar-refractivity contribution in [1.82, 2.24) is 0 Å². The fraction of sp³-hybridized carbons (Fsp3) is 0.562. The first kappa shape index (κ1) is 23.3. The van der Waals surface area contributed by atoms with Crippen molar-refractivity contribution in [2.75, 3.05) is 12.3 Å². The van der Waals surface area contributed by atoms with Crippen LogP contribution >= 0.6 is 6.89 Å². The molecule has 1 radical (unpaired) electrons. The Balaban J connectivity index is 0. The van der Waals surface area contributed by atoms with Crippen LogP contribution in [-0.2, 0) is 39.6 Å². The molecule has 0 unspecified atom stereocenters. The van der Waals surface area contributed by atoms with Gasteiger partial charge in [0.2, 0.25) is 0 Å². The molecule has 6 heteroatoms. The Morgan fingerprint density at radius 3 is 1.55 bits per heavy atom. The van der Waals surface area contributed by atoms with Crippen molar-refractivity contribution in [3.8, 4) is 0 Å². The third-order valence-electron chi connectivity index (χ3n) is 2.91. The Hall–Kier alpha value is -0.978. The van der Waals surface area contributed by atoms with E-state index in [1.165, 1.54) is 0 Å². The van der Waals surface area contributed by atoms with Gasteiger partial charge in [-0.2, -0.15) is 0 Å². The summed E-state index contributed by atoms with van der Waals surface area (Å²) in [6.07, 6.45) is 3.13. The van der Waals surface area contributed by atoms with Gasteiger partial charge in [-0.05, 0) is 24.2 Å². The van der Waals surface area contributed by atoms with Crippen LogP contribution in [0.5, 0.6) is 0 Å². The SMILES string of the molecule is CC(C)CP(=C=O)(CC(C)C)C(=C=O)C(C=C=O)C=C=O.[Re]. The molecule has 0 aromatic carbocycles. The summed E-state index contributed by atoms with van der Waals surface area (Å²) in [4.78, 5) is 44.4. The molecule has 0 saturated heterocycles. The van der Waals surface area contributed by atoms with E-state index in [1.54, 1.807) is 11.9 Å². The average Bonchev–Trinajstić information content (AvgIpc) is 2.38. The third kappa shape index (κ3) is 6.85. The van der Waals surface area contributed by atoms with E-state index in [0.717, 1.165) is 12.2 Å². The normalized spacial score (nSPS) is 11.4. The van der Waals surface area contributed by atoms with E-state index in [9.17, 15) is 19.2 Å². The predicted molar refractivity (Wildman–Crippen MR) is 85.2 cm³/mol. The maximum Gasteiger partial charge on any atom is 0.130 e. The standard InChI is InChI=1S/C16H21O4P.Re/c1-13(2)10-21(12-20,11-14(3)4)16(9-19)15(5-7-17)6-8-18;/h5-6,13-15H,10-11H2,1-4H3;. The number of hydrogen-bond donors (Lipinski definition) is 0. The Morgan fingerprint density at radius 2 is 1.32 bits per heavy atom. The molecule has 4 nitrogen and oxygen atoms in total. The molecule has 0 aromatic rings. The van der Waals surface area contributed by atoms with E-state index < -0.39 is 12.8 Å². The molecule has 0 aromatic heterocycles. The molecule has 22 heavy (non-hydrogen) atoms. The fourth-order valence-electron chi connectivity index (χ4n) is 2.43. The summed E-state index contributed by atoms with van der Waals surface area (Å²) in [6, 6.07) is 0. The molecule has 0 aliphatic rings. The number of carbonyl (C=O) groups excluding carboxylic acids is 4. The van der Waals surface area contributed by atoms with Crippen molar-refractivity contribution >= 4 is 30.4 Å². The molecule has 121 valence electrons. The fourth-order valence-corrected chi connectivity index (χ4v) is 6.61. The summed E-state index contributed by atoms with van der Waals surface area (Å²) < 4.78 is 0. The minimum absolute atomic E-state index is 0. The second-order valence-corrected chi connectivity index (χ2v) is 9.12. The van der Waals surface area contributed by atoms with Crippen LogP contribution in [0.25, 0.3) is 0 Å². The van der Waals surface area contributed by atoms with Crippen LogP contribution < -0.4 is 0 Å². The largest absolute Gasteiger partial charge is 0.234 e. The van der Waals surface area contributed by atoms with Crippen LogP contribution in [-0.4, -0.2) is 35.8 Å². The Morgan fingerprint density at radius 1 is 0.909 bits per heavy atom. The molecular formula is C16H21O4PRe. The number of hydrogen-bond acceptors (Lipinski definition) is 4. The third-order valence-corrected chi connectivity index (χ3v) is 7.27. The number of allylic oxidation sites excluding steroid dienone is 3. The molecule has 0 fully saturated rings. The van der Waals surface area contributed by atoms with Crippen LogP contribution in [0.1, 0.15) is 27.7 Å². The van der Waals surface area contributed by atoms with E-state index in [-0.39, 0.29) is 37.6 Å². The van der Waals surface area contributed by atoms with Gasteiger partial charge in [-0.15, -0.1) is 0 Å². The van der Waals surface area contributed by atoms with Crippen molar-refractivity contribution in [3.63, 3.8) is 0 Å². The molecule has 0 bridgehead atoms. The molecule has 0 aliphatic carbocycles. The van der Waals surface area contributed by atoms with E-state index >= 15 is 0 Å². The van der Waals surface area contributed by atoms with Gasteiger partial charge in [0.25, 0.3) is 0 Å². The van der Waals surface area contributed by atoms with Crippen molar-refractivity contribution in [2.45, 2.75) is 27.7 Å². The number of rotatable bonds is 8. The molecular weight excluding hydrogens is 473 g/mol. The minimum Gasteiger partial charge on any atom is -0.234 e.